The predicted molar refractivity (Wildman–Crippen MR) is 55.5 cm³/mol. The summed E-state index contributed by atoms with van der Waals surface area (Å²) in [5.74, 6) is 0. The van der Waals surface area contributed by atoms with Crippen LogP contribution in [0.25, 0.3) is 0 Å². The van der Waals surface area contributed by atoms with Crippen LogP contribution in [0.3, 0.4) is 0 Å². The number of carbonyl (C=O) groups excluding carboxylic acids is 1. The van der Waals surface area contributed by atoms with E-state index in [0.717, 1.165) is 31.1 Å². The number of carbonyl (C=O) groups is 1. The molecule has 0 heterocycles. The molecule has 1 aliphatic carbocycles. The lowest BCUT2D eigenvalue weighted by Gasteiger charge is -2.24. The van der Waals surface area contributed by atoms with Gasteiger partial charge in [0.25, 0.3) is 0 Å². The van der Waals surface area contributed by atoms with Crippen LogP contribution in [-0.2, 0) is 4.79 Å². The van der Waals surface area contributed by atoms with E-state index in [9.17, 15) is 4.79 Å². The van der Waals surface area contributed by atoms with Crippen molar-refractivity contribution in [3.05, 3.63) is 23.3 Å². The van der Waals surface area contributed by atoms with Crippen LogP contribution in [0.5, 0.6) is 0 Å². The maximum absolute atomic E-state index is 10.7. The minimum atomic E-state index is 0.239. The van der Waals surface area contributed by atoms with Crippen LogP contribution in [-0.4, -0.2) is 6.29 Å². The molecule has 0 amide bonds. The fraction of sp³-hybridized carbons (Fsp3) is 0.583. The molecule has 1 rings (SSSR count). The number of rotatable bonds is 3. The normalized spacial score (nSPS) is 28.8. The van der Waals surface area contributed by atoms with Crippen molar-refractivity contribution in [3.63, 3.8) is 0 Å². The Kier molecular flexibility index (Phi) is 3.07. The Morgan fingerprint density at radius 1 is 1.54 bits per heavy atom. The van der Waals surface area contributed by atoms with Crippen LogP contribution in [0.4, 0.5) is 0 Å². The molecule has 0 radical (unpaired) electrons. The zero-order valence-electron chi connectivity index (χ0n) is 8.76. The standard InChI is InChI=1S/C12H18O/c1-4-5-7-12(3)8-6-11(9-13)10(12)2/h4-5,9H,6-8H2,1-3H3/b5-4+/t12-/m1/s1. The third-order valence-corrected chi connectivity index (χ3v) is 3.28. The first kappa shape index (κ1) is 10.2. The Bertz CT molecular complexity index is 260. The minimum absolute atomic E-state index is 0.239. The monoisotopic (exact) mass is 178 g/mol. The Hall–Kier alpha value is -0.850. The lowest BCUT2D eigenvalue weighted by atomic mass is 9.80. The summed E-state index contributed by atoms with van der Waals surface area (Å²) < 4.78 is 0. The second-order valence-electron chi connectivity index (χ2n) is 4.10. The van der Waals surface area contributed by atoms with E-state index in [0.29, 0.717) is 0 Å². The average molecular weight is 178 g/mol. The molecular weight excluding hydrogens is 160 g/mol. The molecular formula is C12H18O. The van der Waals surface area contributed by atoms with E-state index in [4.69, 9.17) is 0 Å². The van der Waals surface area contributed by atoms with Gasteiger partial charge in [-0.05, 0) is 44.1 Å². The van der Waals surface area contributed by atoms with Gasteiger partial charge in [0.1, 0.15) is 6.29 Å². The fourth-order valence-electron chi connectivity index (χ4n) is 1.95. The van der Waals surface area contributed by atoms with Crippen molar-refractivity contribution < 1.29 is 4.79 Å². The maximum Gasteiger partial charge on any atom is 0.145 e. The first-order chi connectivity index (χ1) is 6.14. The van der Waals surface area contributed by atoms with Crippen molar-refractivity contribution >= 4 is 6.29 Å². The molecule has 0 aromatic carbocycles. The highest BCUT2D eigenvalue weighted by Crippen LogP contribution is 2.44. The molecule has 1 atom stereocenters. The van der Waals surface area contributed by atoms with Crippen LogP contribution >= 0.6 is 0 Å². The highest BCUT2D eigenvalue weighted by atomic mass is 16.1. The molecule has 72 valence electrons. The average Bonchev–Trinajstić information content (AvgIpc) is 2.41. The van der Waals surface area contributed by atoms with E-state index < -0.39 is 0 Å². The molecule has 13 heavy (non-hydrogen) atoms. The van der Waals surface area contributed by atoms with E-state index in [1.807, 2.05) is 6.92 Å². The SMILES string of the molecule is C/C=C/C[C@]1(C)CCC(C=O)=C1C. The van der Waals surface area contributed by atoms with Gasteiger partial charge in [-0.2, -0.15) is 0 Å². The highest BCUT2D eigenvalue weighted by Gasteiger charge is 2.32. The predicted octanol–water partition coefficient (Wildman–Crippen LogP) is 3.27. The molecule has 1 heteroatoms. The first-order valence-corrected chi connectivity index (χ1v) is 4.90. The maximum atomic E-state index is 10.7. The molecule has 1 nitrogen and oxygen atoms in total. The Morgan fingerprint density at radius 2 is 2.23 bits per heavy atom. The van der Waals surface area contributed by atoms with Crippen molar-refractivity contribution in [2.45, 2.75) is 40.0 Å². The van der Waals surface area contributed by atoms with Crippen LogP contribution in [0.2, 0.25) is 0 Å². The fourth-order valence-corrected chi connectivity index (χ4v) is 1.95. The zero-order valence-corrected chi connectivity index (χ0v) is 8.76. The molecule has 0 unspecified atom stereocenters. The van der Waals surface area contributed by atoms with Crippen molar-refractivity contribution in [2.24, 2.45) is 5.41 Å². The van der Waals surface area contributed by atoms with Crippen LogP contribution in [0.15, 0.2) is 23.3 Å². The van der Waals surface area contributed by atoms with Gasteiger partial charge in [-0.1, -0.05) is 24.6 Å². The third-order valence-electron chi connectivity index (χ3n) is 3.28. The number of hydrogen-bond donors (Lipinski definition) is 0. The summed E-state index contributed by atoms with van der Waals surface area (Å²) in [6.45, 7) is 6.39. The van der Waals surface area contributed by atoms with Gasteiger partial charge in [0, 0.05) is 0 Å². The van der Waals surface area contributed by atoms with Crippen molar-refractivity contribution in [3.8, 4) is 0 Å². The Labute approximate surface area is 80.5 Å². The van der Waals surface area contributed by atoms with Gasteiger partial charge in [0.15, 0.2) is 0 Å². The molecule has 1 aliphatic rings. The van der Waals surface area contributed by atoms with E-state index in [1.165, 1.54) is 5.57 Å². The van der Waals surface area contributed by atoms with Gasteiger partial charge in [-0.25, -0.2) is 0 Å². The van der Waals surface area contributed by atoms with Gasteiger partial charge in [-0.3, -0.25) is 4.79 Å². The van der Waals surface area contributed by atoms with Crippen molar-refractivity contribution in [2.75, 3.05) is 0 Å². The molecule has 0 spiro atoms. The summed E-state index contributed by atoms with van der Waals surface area (Å²) >= 11 is 0. The first-order valence-electron chi connectivity index (χ1n) is 4.90. The molecule has 0 N–H and O–H groups in total. The number of allylic oxidation sites excluding steroid dienone is 4. The minimum Gasteiger partial charge on any atom is -0.298 e. The zero-order chi connectivity index (χ0) is 9.90. The lowest BCUT2D eigenvalue weighted by molar-refractivity contribution is -0.105. The molecule has 0 saturated heterocycles. The van der Waals surface area contributed by atoms with Gasteiger partial charge < -0.3 is 0 Å². The summed E-state index contributed by atoms with van der Waals surface area (Å²) in [4.78, 5) is 10.7. The summed E-state index contributed by atoms with van der Waals surface area (Å²) in [7, 11) is 0. The second kappa shape index (κ2) is 3.91. The van der Waals surface area contributed by atoms with E-state index in [1.54, 1.807) is 0 Å². The largest absolute Gasteiger partial charge is 0.298 e. The molecule has 0 bridgehead atoms. The van der Waals surface area contributed by atoms with Crippen LogP contribution in [0, 0.1) is 5.41 Å². The molecule has 0 aromatic heterocycles. The summed E-state index contributed by atoms with van der Waals surface area (Å²) in [6, 6.07) is 0. The van der Waals surface area contributed by atoms with E-state index >= 15 is 0 Å². The van der Waals surface area contributed by atoms with Crippen molar-refractivity contribution in [1.29, 1.82) is 0 Å². The van der Waals surface area contributed by atoms with E-state index in [-0.39, 0.29) is 5.41 Å². The van der Waals surface area contributed by atoms with Gasteiger partial charge in [0.2, 0.25) is 0 Å². The van der Waals surface area contributed by atoms with Gasteiger partial charge >= 0.3 is 0 Å². The lowest BCUT2D eigenvalue weighted by Crippen LogP contribution is -2.12. The number of aldehydes is 1. The summed E-state index contributed by atoms with van der Waals surface area (Å²) in [5.41, 5.74) is 2.55. The van der Waals surface area contributed by atoms with Gasteiger partial charge in [-0.15, -0.1) is 0 Å². The molecule has 0 fully saturated rings. The Balaban J connectivity index is 2.82. The molecule has 0 aromatic rings. The molecule has 0 saturated carbocycles. The molecule has 0 aliphatic heterocycles. The summed E-state index contributed by atoms with van der Waals surface area (Å²) in [6.07, 6.45) is 8.44. The smallest absolute Gasteiger partial charge is 0.145 e. The Morgan fingerprint density at radius 3 is 2.69 bits per heavy atom. The van der Waals surface area contributed by atoms with Crippen molar-refractivity contribution in [1.82, 2.24) is 0 Å². The van der Waals surface area contributed by atoms with E-state index in [2.05, 4.69) is 26.0 Å². The van der Waals surface area contributed by atoms with Crippen LogP contribution in [0.1, 0.15) is 40.0 Å². The quantitative estimate of drug-likeness (QED) is 0.479. The van der Waals surface area contributed by atoms with Crippen LogP contribution < -0.4 is 0 Å². The third kappa shape index (κ3) is 1.90. The van der Waals surface area contributed by atoms with Gasteiger partial charge in [0.05, 0.1) is 0 Å². The summed E-state index contributed by atoms with van der Waals surface area (Å²) in [5, 5.41) is 0. The number of hydrogen-bond acceptors (Lipinski definition) is 1. The topological polar surface area (TPSA) is 17.1 Å². The second-order valence-corrected chi connectivity index (χ2v) is 4.10. The highest BCUT2D eigenvalue weighted by molar-refractivity contribution is 5.76.